The zero-order chi connectivity index (χ0) is 36.9. The van der Waals surface area contributed by atoms with Crippen LogP contribution < -0.4 is 9.47 Å². The number of ether oxygens (including phenoxy) is 2. The van der Waals surface area contributed by atoms with E-state index in [1.807, 2.05) is 94.4 Å². The van der Waals surface area contributed by atoms with Gasteiger partial charge in [0.1, 0.15) is 17.1 Å². The monoisotopic (exact) mass is 751 g/mol. The molecule has 12 heteroatoms. The van der Waals surface area contributed by atoms with Crippen LogP contribution in [0.15, 0.2) is 58.7 Å². The molecule has 0 aliphatic heterocycles. The van der Waals surface area contributed by atoms with Gasteiger partial charge in [0.05, 0.1) is 45.7 Å². The van der Waals surface area contributed by atoms with Gasteiger partial charge in [-0.3, -0.25) is 5.01 Å². The fraction of sp³-hybridized carbons (Fsp3) is 0.622. The van der Waals surface area contributed by atoms with Gasteiger partial charge in [-0.05, 0) is 118 Å². The standard InChI is InChI=1S/C37H62N4O4P3S/c1-12-17-27-36(6,7)44-33-22-18-32(19-23-33)29-39-41(10)46(49)37(8,26-13-2)45-34-24-20-31(21-25-34)28-38-40(9)30-35(47(11,42)14-3)48(43,15-4)16-5/h18-25,28-29,35H,12-17,26-27,30H2,1-11H3/q+1. The first-order valence-electron chi connectivity index (χ1n) is 17.7. The molecule has 0 aromatic heterocycles. The average Bonchev–Trinajstić information content (AvgIpc) is 3.08. The molecule has 0 heterocycles. The maximum atomic E-state index is 13.6. The normalized spacial score (nSPS) is 15.9. The predicted octanol–water partition coefficient (Wildman–Crippen LogP) is 10.8. The predicted molar refractivity (Wildman–Crippen MR) is 217 cm³/mol. The third-order valence-corrected chi connectivity index (χ3v) is 21.5. The summed E-state index contributed by atoms with van der Waals surface area (Å²) >= 11 is 6.06. The quantitative estimate of drug-likeness (QED) is 0.0673. The Bertz CT molecular complexity index is 1480. The fourth-order valence-electron chi connectivity index (χ4n) is 5.69. The van der Waals surface area contributed by atoms with Gasteiger partial charge in [-0.25, -0.2) is 0 Å². The van der Waals surface area contributed by atoms with Crippen LogP contribution in [-0.2, 0) is 20.9 Å². The largest absolute Gasteiger partial charge is 0.488 e. The summed E-state index contributed by atoms with van der Waals surface area (Å²) in [7, 11) is -1.39. The molecule has 0 aliphatic rings. The van der Waals surface area contributed by atoms with E-state index in [4.69, 9.17) is 26.4 Å². The number of rotatable bonds is 22. The van der Waals surface area contributed by atoms with Crippen LogP contribution in [-0.4, -0.2) is 84.4 Å². The van der Waals surface area contributed by atoms with Gasteiger partial charge in [0.25, 0.3) is 5.34 Å². The Morgan fingerprint density at radius 1 is 0.796 bits per heavy atom. The fourth-order valence-corrected chi connectivity index (χ4v) is 15.4. The molecule has 0 bridgehead atoms. The van der Waals surface area contributed by atoms with Crippen molar-refractivity contribution in [2.75, 3.05) is 45.8 Å². The highest BCUT2D eigenvalue weighted by molar-refractivity contribution is 8.04. The SMILES string of the molecule is CCCCC(C)(C)Oc1ccc(C=NN(C)[P+](=S)C(C)(CCC)Oc2ccc(C=NN(C)CC(P(C)(=O)CC)P(=O)(CC)CC)cc2)cc1. The van der Waals surface area contributed by atoms with Gasteiger partial charge in [-0.1, -0.05) is 41.0 Å². The summed E-state index contributed by atoms with van der Waals surface area (Å²) in [6.07, 6.45) is 10.3. The molecule has 2 aromatic carbocycles. The van der Waals surface area contributed by atoms with Crippen LogP contribution >= 0.6 is 21.1 Å². The lowest BCUT2D eigenvalue weighted by Crippen LogP contribution is -2.31. The molecule has 8 nitrogen and oxygen atoms in total. The highest BCUT2D eigenvalue weighted by atomic mass is 32.4. The molecule has 2 aromatic rings. The van der Waals surface area contributed by atoms with E-state index < -0.39 is 26.5 Å². The topological polar surface area (TPSA) is 83.8 Å². The zero-order valence-electron chi connectivity index (χ0n) is 31.9. The van der Waals surface area contributed by atoms with Crippen molar-refractivity contribution >= 4 is 45.4 Å². The summed E-state index contributed by atoms with van der Waals surface area (Å²) in [5, 5.41) is 10.1. The molecule has 49 heavy (non-hydrogen) atoms. The van der Waals surface area contributed by atoms with Crippen molar-refractivity contribution < 1.29 is 18.6 Å². The van der Waals surface area contributed by atoms with Gasteiger partial charge in [0, 0.05) is 20.4 Å². The van der Waals surface area contributed by atoms with Gasteiger partial charge < -0.3 is 18.6 Å². The molecule has 274 valence electrons. The summed E-state index contributed by atoms with van der Waals surface area (Å²) < 4.78 is 41.7. The molecule has 2 rings (SSSR count). The minimum Gasteiger partial charge on any atom is -0.488 e. The molecule has 0 saturated carbocycles. The van der Waals surface area contributed by atoms with Crippen molar-refractivity contribution in [1.29, 1.82) is 0 Å². The van der Waals surface area contributed by atoms with Gasteiger partial charge in [-0.15, -0.1) is 9.88 Å². The lowest BCUT2D eigenvalue weighted by atomic mass is 10.0. The molecule has 4 atom stereocenters. The Hall–Kier alpha value is -2.04. The number of unbranched alkanes of at least 4 members (excludes halogenated alkanes) is 1. The second-order valence-electron chi connectivity index (χ2n) is 13.8. The van der Waals surface area contributed by atoms with Crippen LogP contribution in [0.25, 0.3) is 0 Å². The van der Waals surface area contributed by atoms with E-state index in [0.717, 1.165) is 54.7 Å². The molecule has 0 spiro atoms. The Morgan fingerprint density at radius 2 is 1.31 bits per heavy atom. The maximum Gasteiger partial charge on any atom is 0.358 e. The van der Waals surface area contributed by atoms with Crippen molar-refractivity contribution in [1.82, 2.24) is 9.79 Å². The van der Waals surface area contributed by atoms with Crippen molar-refractivity contribution in [3.05, 3.63) is 59.7 Å². The number of hydrogen-bond acceptors (Lipinski definition) is 8. The van der Waals surface area contributed by atoms with E-state index in [9.17, 15) is 9.13 Å². The summed E-state index contributed by atoms with van der Waals surface area (Å²) in [5.41, 5.74) is 1.68. The lowest BCUT2D eigenvalue weighted by Gasteiger charge is -2.33. The average molecular weight is 752 g/mol. The molecule has 0 aliphatic carbocycles. The van der Waals surface area contributed by atoms with Crippen molar-refractivity contribution in [2.45, 2.75) is 104 Å². The first-order chi connectivity index (χ1) is 23.0. The number of nitrogens with zero attached hydrogens (tertiary/aromatic N) is 4. The van der Waals surface area contributed by atoms with Crippen molar-refractivity contribution in [3.8, 4) is 11.5 Å². The number of hydrazone groups is 2. The van der Waals surface area contributed by atoms with Crippen LogP contribution in [0.5, 0.6) is 11.5 Å². The summed E-state index contributed by atoms with van der Waals surface area (Å²) in [6.45, 7) is 17.5. The van der Waals surface area contributed by atoms with Gasteiger partial charge >= 0.3 is 6.85 Å². The van der Waals surface area contributed by atoms with Crippen molar-refractivity contribution in [2.24, 2.45) is 10.2 Å². The zero-order valence-corrected chi connectivity index (χ0v) is 35.4. The highest BCUT2D eigenvalue weighted by Gasteiger charge is 2.46. The van der Waals surface area contributed by atoms with E-state index >= 15 is 0 Å². The van der Waals surface area contributed by atoms with Gasteiger partial charge in [-0.2, -0.15) is 5.10 Å². The van der Waals surface area contributed by atoms with Crippen molar-refractivity contribution in [3.63, 3.8) is 0 Å². The van der Waals surface area contributed by atoms with E-state index in [1.54, 1.807) is 17.9 Å². The first kappa shape index (κ1) is 43.1. The third-order valence-electron chi connectivity index (χ3n) is 9.08. The Balaban J connectivity index is 2.10. The Labute approximate surface area is 303 Å². The molecular formula is C37H62N4O4P3S+. The molecule has 0 fully saturated rings. The Kier molecular flexibility index (Phi) is 17.2. The molecule has 4 unspecified atom stereocenters. The smallest absolute Gasteiger partial charge is 0.358 e. The molecule has 0 N–H and O–H groups in total. The van der Waals surface area contributed by atoms with Crippen LogP contribution in [0.3, 0.4) is 0 Å². The molecular weight excluding hydrogens is 689 g/mol. The first-order valence-corrected chi connectivity index (χ1v) is 24.6. The van der Waals surface area contributed by atoms with Gasteiger partial charge in [0.15, 0.2) is 11.8 Å². The van der Waals surface area contributed by atoms with E-state index in [1.165, 1.54) is 0 Å². The van der Waals surface area contributed by atoms with Crippen LogP contribution in [0.1, 0.15) is 98.6 Å². The van der Waals surface area contributed by atoms with Gasteiger partial charge in [0.2, 0.25) is 0 Å². The highest BCUT2D eigenvalue weighted by Crippen LogP contribution is 2.66. The van der Waals surface area contributed by atoms with E-state index in [2.05, 4.69) is 39.7 Å². The van der Waals surface area contributed by atoms with E-state index in [0.29, 0.717) is 25.0 Å². The summed E-state index contributed by atoms with van der Waals surface area (Å²) in [4.78, 5) is 0. The second-order valence-corrected chi connectivity index (χ2v) is 24.7. The third kappa shape index (κ3) is 13.2. The molecule has 0 saturated heterocycles. The molecule has 0 radical (unpaired) electrons. The maximum absolute atomic E-state index is 13.6. The van der Waals surface area contributed by atoms with Crippen LogP contribution in [0.2, 0.25) is 0 Å². The molecule has 0 amide bonds. The summed E-state index contributed by atoms with van der Waals surface area (Å²) in [5.74, 6) is 1.59. The number of hydrogen-bond donors (Lipinski definition) is 0. The second kappa shape index (κ2) is 19.5. The minimum absolute atomic E-state index is 0.198. The minimum atomic E-state index is -2.59. The van der Waals surface area contributed by atoms with Crippen LogP contribution in [0, 0.1) is 0 Å². The summed E-state index contributed by atoms with van der Waals surface area (Å²) in [6, 6.07) is 15.8. The Morgan fingerprint density at radius 3 is 1.78 bits per heavy atom. The number of benzene rings is 2. The van der Waals surface area contributed by atoms with E-state index in [-0.39, 0.29) is 11.0 Å². The lowest BCUT2D eigenvalue weighted by molar-refractivity contribution is 0.0967. The van der Waals surface area contributed by atoms with Crippen LogP contribution in [0.4, 0.5) is 0 Å².